The molecule has 1 N–H and O–H groups in total. The van der Waals surface area contributed by atoms with Crippen molar-refractivity contribution in [2.45, 2.75) is 26.7 Å². The minimum atomic E-state index is -1.03. The van der Waals surface area contributed by atoms with Crippen molar-refractivity contribution >= 4 is 17.8 Å². The van der Waals surface area contributed by atoms with E-state index in [0.29, 0.717) is 25.1 Å². The van der Waals surface area contributed by atoms with Crippen molar-refractivity contribution in [3.8, 4) is 0 Å². The summed E-state index contributed by atoms with van der Waals surface area (Å²) in [6.45, 7) is 4.26. The summed E-state index contributed by atoms with van der Waals surface area (Å²) in [4.78, 5) is 35.2. The number of esters is 1. The smallest absolute Gasteiger partial charge is 0.333 e. The molecule has 0 unspecified atom stereocenters. The van der Waals surface area contributed by atoms with E-state index in [9.17, 15) is 14.4 Å². The summed E-state index contributed by atoms with van der Waals surface area (Å²) < 4.78 is 5.03. The average Bonchev–Trinajstić information content (AvgIpc) is 2.80. The molecule has 0 radical (unpaired) electrons. The summed E-state index contributed by atoms with van der Waals surface area (Å²) in [6.07, 6.45) is 4.17. The SMILES string of the molecule is CC(=CC=C(C)C(=O)OCCN1CCCC1=O)C(=O)O. The van der Waals surface area contributed by atoms with Crippen LogP contribution in [-0.4, -0.2) is 47.5 Å². The molecular weight excluding hydrogens is 262 g/mol. The highest BCUT2D eigenvalue weighted by Crippen LogP contribution is 2.09. The molecule has 0 saturated carbocycles. The van der Waals surface area contributed by atoms with Gasteiger partial charge in [0.1, 0.15) is 6.61 Å². The maximum Gasteiger partial charge on any atom is 0.333 e. The monoisotopic (exact) mass is 281 g/mol. The number of rotatable bonds is 6. The molecule has 1 saturated heterocycles. The Balaban J connectivity index is 2.38. The lowest BCUT2D eigenvalue weighted by Gasteiger charge is -2.15. The van der Waals surface area contributed by atoms with Crippen LogP contribution in [0.25, 0.3) is 0 Å². The number of nitrogens with zero attached hydrogens (tertiary/aromatic N) is 1. The van der Waals surface area contributed by atoms with Crippen molar-refractivity contribution < 1.29 is 24.2 Å². The third-order valence-electron chi connectivity index (χ3n) is 3.01. The normalized spacial score (nSPS) is 16.5. The van der Waals surface area contributed by atoms with Gasteiger partial charge in [-0.3, -0.25) is 4.79 Å². The van der Waals surface area contributed by atoms with Gasteiger partial charge in [0.05, 0.1) is 6.54 Å². The van der Waals surface area contributed by atoms with Crippen LogP contribution in [0.5, 0.6) is 0 Å². The maximum absolute atomic E-state index is 11.6. The lowest BCUT2D eigenvalue weighted by atomic mass is 10.2. The number of carboxylic acids is 1. The second kappa shape index (κ2) is 7.47. The van der Waals surface area contributed by atoms with Gasteiger partial charge in [0, 0.05) is 24.1 Å². The Hall–Kier alpha value is -2.11. The highest BCUT2D eigenvalue weighted by Gasteiger charge is 2.19. The Morgan fingerprint density at radius 3 is 2.50 bits per heavy atom. The van der Waals surface area contributed by atoms with E-state index in [2.05, 4.69) is 0 Å². The summed E-state index contributed by atoms with van der Waals surface area (Å²) >= 11 is 0. The molecule has 0 spiro atoms. The van der Waals surface area contributed by atoms with Crippen LogP contribution in [0, 0.1) is 0 Å². The molecule has 1 aliphatic heterocycles. The molecule has 0 aromatic rings. The summed E-state index contributed by atoms with van der Waals surface area (Å²) in [5, 5.41) is 8.67. The van der Waals surface area contributed by atoms with E-state index >= 15 is 0 Å². The van der Waals surface area contributed by atoms with Crippen molar-refractivity contribution in [2.24, 2.45) is 0 Å². The number of carbonyl (C=O) groups excluding carboxylic acids is 2. The van der Waals surface area contributed by atoms with E-state index in [4.69, 9.17) is 9.84 Å². The quantitative estimate of drug-likeness (QED) is 0.448. The van der Waals surface area contributed by atoms with E-state index in [1.165, 1.54) is 19.1 Å². The molecule has 1 heterocycles. The molecule has 20 heavy (non-hydrogen) atoms. The average molecular weight is 281 g/mol. The summed E-state index contributed by atoms with van der Waals surface area (Å²) in [5.74, 6) is -1.45. The van der Waals surface area contributed by atoms with Crippen LogP contribution < -0.4 is 0 Å². The molecule has 1 fully saturated rings. The molecule has 0 aliphatic carbocycles. The topological polar surface area (TPSA) is 83.9 Å². The number of amides is 1. The fourth-order valence-electron chi connectivity index (χ4n) is 1.69. The summed E-state index contributed by atoms with van der Waals surface area (Å²) in [5.41, 5.74) is 0.457. The van der Waals surface area contributed by atoms with Gasteiger partial charge < -0.3 is 14.7 Å². The van der Waals surface area contributed by atoms with Gasteiger partial charge in [-0.2, -0.15) is 0 Å². The molecular formula is C14H19NO5. The van der Waals surface area contributed by atoms with E-state index in [0.717, 1.165) is 6.42 Å². The molecule has 0 bridgehead atoms. The molecule has 0 aromatic carbocycles. The predicted molar refractivity (Wildman–Crippen MR) is 71.9 cm³/mol. The van der Waals surface area contributed by atoms with Gasteiger partial charge in [-0.15, -0.1) is 0 Å². The van der Waals surface area contributed by atoms with Crippen LogP contribution in [0.3, 0.4) is 0 Å². The van der Waals surface area contributed by atoms with Gasteiger partial charge in [0.15, 0.2) is 0 Å². The number of carboxylic acid groups (broad SMARTS) is 1. The zero-order valence-electron chi connectivity index (χ0n) is 11.7. The number of hydrogen-bond donors (Lipinski definition) is 1. The first-order valence-electron chi connectivity index (χ1n) is 6.45. The van der Waals surface area contributed by atoms with E-state index in [1.54, 1.807) is 11.8 Å². The minimum Gasteiger partial charge on any atom is -0.478 e. The van der Waals surface area contributed by atoms with Gasteiger partial charge in [0.2, 0.25) is 5.91 Å². The van der Waals surface area contributed by atoms with Crippen molar-refractivity contribution in [2.75, 3.05) is 19.7 Å². The number of hydrogen-bond acceptors (Lipinski definition) is 4. The van der Waals surface area contributed by atoms with Gasteiger partial charge in [-0.05, 0) is 20.3 Å². The second-order valence-corrected chi connectivity index (χ2v) is 4.62. The fraction of sp³-hybridized carbons (Fsp3) is 0.500. The first kappa shape index (κ1) is 15.9. The number of aliphatic carboxylic acids is 1. The van der Waals surface area contributed by atoms with Gasteiger partial charge in [0.25, 0.3) is 0 Å². The van der Waals surface area contributed by atoms with Crippen LogP contribution in [0.1, 0.15) is 26.7 Å². The molecule has 110 valence electrons. The van der Waals surface area contributed by atoms with Gasteiger partial charge in [-0.25, -0.2) is 9.59 Å². The Morgan fingerprint density at radius 1 is 1.30 bits per heavy atom. The molecule has 6 nitrogen and oxygen atoms in total. The molecule has 1 aliphatic rings. The van der Waals surface area contributed by atoms with Crippen molar-refractivity contribution in [1.82, 2.24) is 4.90 Å². The minimum absolute atomic E-state index is 0.0910. The molecule has 1 rings (SSSR count). The van der Waals surface area contributed by atoms with Crippen molar-refractivity contribution in [3.63, 3.8) is 0 Å². The Labute approximate surface area is 117 Å². The molecule has 6 heteroatoms. The summed E-state index contributed by atoms with van der Waals surface area (Å²) in [6, 6.07) is 0. The zero-order chi connectivity index (χ0) is 15.1. The van der Waals surface area contributed by atoms with Crippen LogP contribution in [-0.2, 0) is 19.1 Å². The number of allylic oxidation sites excluding steroid dienone is 2. The maximum atomic E-state index is 11.6. The Kier molecular flexibility index (Phi) is 5.96. The highest BCUT2D eigenvalue weighted by atomic mass is 16.5. The number of likely N-dealkylation sites (tertiary alicyclic amines) is 1. The third-order valence-corrected chi connectivity index (χ3v) is 3.01. The lowest BCUT2D eigenvalue weighted by molar-refractivity contribution is -0.141. The Morgan fingerprint density at radius 2 is 1.95 bits per heavy atom. The standard InChI is InChI=1S/C14H19NO5/c1-10(13(17)18)5-6-11(2)14(19)20-9-8-15-7-3-4-12(15)16/h5-6H,3-4,7-9H2,1-2H3,(H,17,18). The van der Waals surface area contributed by atoms with Crippen molar-refractivity contribution in [3.05, 3.63) is 23.3 Å². The largest absolute Gasteiger partial charge is 0.478 e. The Bertz CT molecular complexity index is 464. The van der Waals surface area contributed by atoms with Gasteiger partial charge >= 0.3 is 11.9 Å². The first-order chi connectivity index (χ1) is 9.41. The van der Waals surface area contributed by atoms with Gasteiger partial charge in [-0.1, -0.05) is 12.2 Å². The summed E-state index contributed by atoms with van der Waals surface area (Å²) in [7, 11) is 0. The van der Waals surface area contributed by atoms with E-state index in [1.807, 2.05) is 0 Å². The van der Waals surface area contributed by atoms with E-state index in [-0.39, 0.29) is 18.1 Å². The van der Waals surface area contributed by atoms with Crippen LogP contribution in [0.15, 0.2) is 23.3 Å². The van der Waals surface area contributed by atoms with Crippen LogP contribution in [0.4, 0.5) is 0 Å². The first-order valence-corrected chi connectivity index (χ1v) is 6.45. The number of carbonyl (C=O) groups is 3. The molecule has 0 aromatic heterocycles. The second-order valence-electron chi connectivity index (χ2n) is 4.62. The van der Waals surface area contributed by atoms with Crippen LogP contribution in [0.2, 0.25) is 0 Å². The van der Waals surface area contributed by atoms with E-state index < -0.39 is 11.9 Å². The molecule has 1 amide bonds. The number of ether oxygens (including phenoxy) is 1. The highest BCUT2D eigenvalue weighted by molar-refractivity contribution is 5.89. The molecule has 0 atom stereocenters. The fourth-order valence-corrected chi connectivity index (χ4v) is 1.69. The zero-order valence-corrected chi connectivity index (χ0v) is 11.7. The lowest BCUT2D eigenvalue weighted by Crippen LogP contribution is -2.29. The van der Waals surface area contributed by atoms with Crippen molar-refractivity contribution in [1.29, 1.82) is 0 Å². The third kappa shape index (κ3) is 4.87. The predicted octanol–water partition coefficient (Wildman–Crippen LogP) is 1.13. The van der Waals surface area contributed by atoms with Crippen LogP contribution >= 0.6 is 0 Å².